The Labute approximate surface area is 77.3 Å². The second kappa shape index (κ2) is 6.44. The van der Waals surface area contributed by atoms with Crippen LogP contribution in [0.4, 0.5) is 0 Å². The molecule has 0 saturated heterocycles. The van der Waals surface area contributed by atoms with Crippen LogP contribution in [-0.4, -0.2) is 36.6 Å². The fourth-order valence-corrected chi connectivity index (χ4v) is 1.28. The number of hydrogen-bond acceptors (Lipinski definition) is 2. The molecule has 0 spiro atoms. The zero-order valence-electron chi connectivity index (χ0n) is 9.22. The van der Waals surface area contributed by atoms with E-state index in [9.17, 15) is 0 Å². The van der Waals surface area contributed by atoms with Crippen molar-refractivity contribution in [2.45, 2.75) is 46.7 Å². The largest absolute Gasteiger partial charge is 0.313 e. The Kier molecular flexibility index (Phi) is 6.39. The summed E-state index contributed by atoms with van der Waals surface area (Å²) < 4.78 is 0. The van der Waals surface area contributed by atoms with Gasteiger partial charge in [-0.05, 0) is 20.4 Å². The third-order valence-electron chi connectivity index (χ3n) is 2.09. The van der Waals surface area contributed by atoms with Gasteiger partial charge in [-0.15, -0.1) is 0 Å². The lowest BCUT2D eigenvalue weighted by Gasteiger charge is -2.25. The second-order valence-corrected chi connectivity index (χ2v) is 3.83. The van der Waals surface area contributed by atoms with Crippen LogP contribution in [0, 0.1) is 0 Å². The summed E-state index contributed by atoms with van der Waals surface area (Å²) in [7, 11) is 0. The van der Waals surface area contributed by atoms with Crippen molar-refractivity contribution >= 4 is 0 Å². The SMILES string of the molecule is CCN(CCNC(C)C)C(C)C. The Balaban J connectivity index is 3.45. The van der Waals surface area contributed by atoms with Crippen LogP contribution in [-0.2, 0) is 0 Å². The molecule has 0 radical (unpaired) electrons. The average molecular weight is 172 g/mol. The standard InChI is InChI=1S/C10H24N2/c1-6-12(10(4)5)8-7-11-9(2)3/h9-11H,6-8H2,1-5H3. The van der Waals surface area contributed by atoms with Crippen molar-refractivity contribution in [2.24, 2.45) is 0 Å². The number of nitrogens with zero attached hydrogens (tertiary/aromatic N) is 1. The summed E-state index contributed by atoms with van der Waals surface area (Å²) in [5.74, 6) is 0. The van der Waals surface area contributed by atoms with Crippen molar-refractivity contribution in [2.75, 3.05) is 19.6 Å². The van der Waals surface area contributed by atoms with Gasteiger partial charge in [0.15, 0.2) is 0 Å². The minimum atomic E-state index is 0.607. The molecule has 0 aromatic rings. The first-order chi connectivity index (χ1) is 5.57. The predicted molar refractivity (Wildman–Crippen MR) is 55.5 cm³/mol. The summed E-state index contributed by atoms with van der Waals surface area (Å²) in [6.07, 6.45) is 0. The quantitative estimate of drug-likeness (QED) is 0.656. The lowest BCUT2D eigenvalue weighted by Crippen LogP contribution is -2.38. The first kappa shape index (κ1) is 11.9. The van der Waals surface area contributed by atoms with Crippen molar-refractivity contribution in [3.05, 3.63) is 0 Å². The van der Waals surface area contributed by atoms with Crippen LogP contribution < -0.4 is 5.32 Å². The molecule has 0 fully saturated rings. The summed E-state index contributed by atoms with van der Waals surface area (Å²) in [5.41, 5.74) is 0. The molecule has 0 bridgehead atoms. The van der Waals surface area contributed by atoms with Gasteiger partial charge >= 0.3 is 0 Å². The highest BCUT2D eigenvalue weighted by Gasteiger charge is 2.05. The molecule has 0 aliphatic heterocycles. The Morgan fingerprint density at radius 3 is 2.08 bits per heavy atom. The summed E-state index contributed by atoms with van der Waals surface area (Å²) in [6.45, 7) is 14.5. The predicted octanol–water partition coefficient (Wildman–Crippen LogP) is 1.71. The van der Waals surface area contributed by atoms with Crippen LogP contribution in [0.15, 0.2) is 0 Å². The van der Waals surface area contributed by atoms with Crippen molar-refractivity contribution in [1.29, 1.82) is 0 Å². The van der Waals surface area contributed by atoms with Crippen LogP contribution in [0.5, 0.6) is 0 Å². The van der Waals surface area contributed by atoms with Gasteiger partial charge in [0.2, 0.25) is 0 Å². The summed E-state index contributed by atoms with van der Waals surface area (Å²) in [5, 5.41) is 3.42. The zero-order valence-corrected chi connectivity index (χ0v) is 9.22. The van der Waals surface area contributed by atoms with E-state index in [1.807, 2.05) is 0 Å². The van der Waals surface area contributed by atoms with Crippen LogP contribution in [0.3, 0.4) is 0 Å². The minimum absolute atomic E-state index is 0.607. The normalized spacial score (nSPS) is 12.0. The van der Waals surface area contributed by atoms with Gasteiger partial charge in [-0.3, -0.25) is 4.90 Å². The summed E-state index contributed by atoms with van der Waals surface area (Å²) in [6, 6.07) is 1.28. The summed E-state index contributed by atoms with van der Waals surface area (Å²) >= 11 is 0. The van der Waals surface area contributed by atoms with Crippen molar-refractivity contribution in [3.8, 4) is 0 Å². The molecule has 0 aromatic heterocycles. The van der Waals surface area contributed by atoms with E-state index >= 15 is 0 Å². The third-order valence-corrected chi connectivity index (χ3v) is 2.09. The van der Waals surface area contributed by atoms with Crippen LogP contribution in [0.2, 0.25) is 0 Å². The van der Waals surface area contributed by atoms with E-state index in [-0.39, 0.29) is 0 Å². The molecular weight excluding hydrogens is 148 g/mol. The highest BCUT2D eigenvalue weighted by molar-refractivity contribution is 4.63. The van der Waals surface area contributed by atoms with Gasteiger partial charge in [0.25, 0.3) is 0 Å². The fourth-order valence-electron chi connectivity index (χ4n) is 1.28. The van der Waals surface area contributed by atoms with E-state index in [1.165, 1.54) is 0 Å². The molecule has 0 unspecified atom stereocenters. The van der Waals surface area contributed by atoms with E-state index < -0.39 is 0 Å². The Morgan fingerprint density at radius 1 is 1.17 bits per heavy atom. The molecule has 2 heteroatoms. The molecule has 0 aliphatic carbocycles. The Morgan fingerprint density at radius 2 is 1.75 bits per heavy atom. The van der Waals surface area contributed by atoms with Gasteiger partial charge in [-0.2, -0.15) is 0 Å². The minimum Gasteiger partial charge on any atom is -0.313 e. The molecule has 0 amide bonds. The molecule has 0 heterocycles. The molecule has 0 aliphatic rings. The highest BCUT2D eigenvalue weighted by Crippen LogP contribution is 1.95. The lowest BCUT2D eigenvalue weighted by molar-refractivity contribution is 0.232. The molecule has 2 nitrogen and oxygen atoms in total. The van der Waals surface area contributed by atoms with Crippen molar-refractivity contribution in [1.82, 2.24) is 10.2 Å². The average Bonchev–Trinajstić information content (AvgIpc) is 1.96. The van der Waals surface area contributed by atoms with Gasteiger partial charge in [0.05, 0.1) is 0 Å². The van der Waals surface area contributed by atoms with Crippen LogP contribution in [0.1, 0.15) is 34.6 Å². The van der Waals surface area contributed by atoms with Gasteiger partial charge in [-0.25, -0.2) is 0 Å². The number of hydrogen-bond donors (Lipinski definition) is 1. The molecule has 0 atom stereocenters. The molecule has 0 aromatic carbocycles. The Hall–Kier alpha value is -0.0800. The maximum atomic E-state index is 3.42. The first-order valence-corrected chi connectivity index (χ1v) is 5.05. The maximum Gasteiger partial charge on any atom is 0.0110 e. The van der Waals surface area contributed by atoms with Gasteiger partial charge in [0, 0.05) is 25.2 Å². The molecule has 0 rings (SSSR count). The molecule has 74 valence electrons. The zero-order chi connectivity index (χ0) is 9.56. The smallest absolute Gasteiger partial charge is 0.0110 e. The monoisotopic (exact) mass is 172 g/mol. The first-order valence-electron chi connectivity index (χ1n) is 5.05. The van der Waals surface area contributed by atoms with E-state index in [2.05, 4.69) is 44.8 Å². The van der Waals surface area contributed by atoms with Gasteiger partial charge in [0.1, 0.15) is 0 Å². The van der Waals surface area contributed by atoms with E-state index in [0.29, 0.717) is 12.1 Å². The number of rotatable bonds is 6. The van der Waals surface area contributed by atoms with Crippen molar-refractivity contribution < 1.29 is 0 Å². The van der Waals surface area contributed by atoms with E-state index in [0.717, 1.165) is 19.6 Å². The fraction of sp³-hybridized carbons (Fsp3) is 1.00. The van der Waals surface area contributed by atoms with Crippen molar-refractivity contribution in [3.63, 3.8) is 0 Å². The van der Waals surface area contributed by atoms with E-state index in [4.69, 9.17) is 0 Å². The topological polar surface area (TPSA) is 15.3 Å². The second-order valence-electron chi connectivity index (χ2n) is 3.83. The van der Waals surface area contributed by atoms with E-state index in [1.54, 1.807) is 0 Å². The molecule has 1 N–H and O–H groups in total. The van der Waals surface area contributed by atoms with Gasteiger partial charge in [-0.1, -0.05) is 20.8 Å². The molecular formula is C10H24N2. The van der Waals surface area contributed by atoms with Crippen LogP contribution >= 0.6 is 0 Å². The highest BCUT2D eigenvalue weighted by atomic mass is 15.2. The third kappa shape index (κ3) is 5.56. The van der Waals surface area contributed by atoms with Gasteiger partial charge < -0.3 is 5.32 Å². The maximum absolute atomic E-state index is 3.42. The van der Waals surface area contributed by atoms with Crippen LogP contribution in [0.25, 0.3) is 0 Å². The molecule has 12 heavy (non-hydrogen) atoms. The number of nitrogens with one attached hydrogen (secondary N) is 1. The summed E-state index contributed by atoms with van der Waals surface area (Å²) in [4.78, 5) is 2.47. The lowest BCUT2D eigenvalue weighted by atomic mass is 10.3. The molecule has 0 saturated carbocycles. The Bertz CT molecular complexity index is 100. The number of likely N-dealkylation sites (N-methyl/N-ethyl adjacent to an activating group) is 1.